The van der Waals surface area contributed by atoms with Crippen LogP contribution in [0.2, 0.25) is 0 Å². The first kappa shape index (κ1) is 26.5. The molecule has 0 aliphatic rings. The molecule has 1 aromatic rings. The zero-order valence-electron chi connectivity index (χ0n) is 17.8. The summed E-state index contributed by atoms with van der Waals surface area (Å²) >= 11 is 0. The zero-order chi connectivity index (χ0) is 23.8. The van der Waals surface area contributed by atoms with Crippen LogP contribution in [-0.4, -0.2) is 76.9 Å². The number of benzene rings is 1. The van der Waals surface area contributed by atoms with Gasteiger partial charge in [-0.3, -0.25) is 14.4 Å². The molecule has 0 aliphatic carbocycles. The van der Waals surface area contributed by atoms with Gasteiger partial charge in [-0.25, -0.2) is 4.79 Å². The van der Waals surface area contributed by atoms with E-state index < -0.39 is 23.6 Å². The van der Waals surface area contributed by atoms with Crippen LogP contribution < -0.4 is 11.1 Å². The van der Waals surface area contributed by atoms with Crippen molar-refractivity contribution >= 4 is 23.6 Å². The Balaban J connectivity index is 2.56. The number of allylic oxidation sites excluding steroid dienone is 1. The van der Waals surface area contributed by atoms with Crippen LogP contribution in [0, 0.1) is 12.3 Å². The molecule has 0 radical (unpaired) electrons. The molecule has 1 rings (SSSR count). The highest BCUT2D eigenvalue weighted by molar-refractivity contribution is 6.10. The fourth-order valence-corrected chi connectivity index (χ4v) is 2.30. The number of carbonyl (C=O) groups is 4. The smallest absolute Gasteiger partial charge is 0.337 e. The molecule has 0 aromatic heterocycles. The summed E-state index contributed by atoms with van der Waals surface area (Å²) in [5.41, 5.74) is 5.08. The molecule has 0 aliphatic heterocycles. The van der Waals surface area contributed by atoms with Crippen molar-refractivity contribution in [1.29, 1.82) is 0 Å². The fourth-order valence-electron chi connectivity index (χ4n) is 2.30. The number of carbonyl (C=O) groups excluding carboxylic acids is 4. The first-order valence-corrected chi connectivity index (χ1v) is 9.59. The molecule has 3 N–H and O–H groups in total. The van der Waals surface area contributed by atoms with Gasteiger partial charge in [0.2, 0.25) is 5.91 Å². The lowest BCUT2D eigenvalue weighted by Gasteiger charge is -2.09. The Kier molecular flexibility index (Phi) is 12.7. The number of primary amides is 1. The maximum atomic E-state index is 12.4. The van der Waals surface area contributed by atoms with E-state index in [9.17, 15) is 19.2 Å². The summed E-state index contributed by atoms with van der Waals surface area (Å²) in [4.78, 5) is 47.4. The fraction of sp³-hybridized carbons (Fsp3) is 0.364. The molecule has 172 valence electrons. The van der Waals surface area contributed by atoms with Crippen LogP contribution in [-0.2, 0) is 23.7 Å². The molecule has 0 spiro atoms. The van der Waals surface area contributed by atoms with Crippen LogP contribution in [0.4, 0.5) is 0 Å². The topological polar surface area (TPSA) is 143 Å². The largest absolute Gasteiger partial charge is 0.465 e. The Morgan fingerprint density at radius 1 is 0.938 bits per heavy atom. The van der Waals surface area contributed by atoms with Gasteiger partial charge in [0.05, 0.1) is 45.7 Å². The molecule has 0 saturated carbocycles. The maximum Gasteiger partial charge on any atom is 0.337 e. The highest BCUT2D eigenvalue weighted by Gasteiger charge is 2.16. The number of nitrogens with two attached hydrogens (primary N) is 1. The van der Waals surface area contributed by atoms with E-state index in [1.54, 1.807) is 0 Å². The molecule has 0 atom stereocenters. The molecular formula is C22H26N2O8. The molecular weight excluding hydrogens is 420 g/mol. The number of terminal acetylenes is 1. The minimum Gasteiger partial charge on any atom is -0.465 e. The molecule has 0 fully saturated rings. The monoisotopic (exact) mass is 446 g/mol. The Morgan fingerprint density at radius 2 is 1.53 bits per heavy atom. The summed E-state index contributed by atoms with van der Waals surface area (Å²) in [6.45, 7) is 2.14. The Morgan fingerprint density at radius 3 is 2.16 bits per heavy atom. The van der Waals surface area contributed by atoms with Gasteiger partial charge in [0.15, 0.2) is 5.78 Å². The highest BCUT2D eigenvalue weighted by Crippen LogP contribution is 2.13. The number of ketones is 1. The van der Waals surface area contributed by atoms with Gasteiger partial charge in [-0.05, 0) is 24.3 Å². The summed E-state index contributed by atoms with van der Waals surface area (Å²) in [6, 6.07) is 3.86. The average Bonchev–Trinajstić information content (AvgIpc) is 2.79. The highest BCUT2D eigenvalue weighted by atomic mass is 16.5. The number of nitrogens with one attached hydrogen (secondary N) is 1. The van der Waals surface area contributed by atoms with Crippen molar-refractivity contribution in [3.63, 3.8) is 0 Å². The third-order valence-electron chi connectivity index (χ3n) is 3.76. The van der Waals surface area contributed by atoms with Crippen molar-refractivity contribution in [1.82, 2.24) is 5.32 Å². The number of ether oxygens (including phenoxy) is 4. The third-order valence-corrected chi connectivity index (χ3v) is 3.76. The number of amides is 2. The predicted molar refractivity (Wildman–Crippen MR) is 114 cm³/mol. The van der Waals surface area contributed by atoms with Gasteiger partial charge >= 0.3 is 5.97 Å². The van der Waals surface area contributed by atoms with Gasteiger partial charge in [-0.15, -0.1) is 6.42 Å². The minimum atomic E-state index is -0.803. The summed E-state index contributed by atoms with van der Waals surface area (Å²) in [6.07, 6.45) is 6.89. The first-order valence-electron chi connectivity index (χ1n) is 9.59. The normalized spacial score (nSPS) is 10.5. The average molecular weight is 446 g/mol. The Labute approximate surface area is 186 Å². The van der Waals surface area contributed by atoms with Gasteiger partial charge in [-0.2, -0.15) is 0 Å². The van der Waals surface area contributed by atoms with Gasteiger partial charge in [-0.1, -0.05) is 5.92 Å². The van der Waals surface area contributed by atoms with E-state index in [4.69, 9.17) is 26.4 Å². The molecule has 2 amide bonds. The lowest BCUT2D eigenvalue weighted by atomic mass is 10.0. The second kappa shape index (κ2) is 15.3. The summed E-state index contributed by atoms with van der Waals surface area (Å²) < 4.78 is 20.3. The number of hydrogen-bond donors (Lipinski definition) is 2. The number of methoxy groups -OCH3 is 1. The predicted octanol–water partition coefficient (Wildman–Crippen LogP) is 0.110. The van der Waals surface area contributed by atoms with E-state index in [0.717, 1.165) is 12.2 Å². The van der Waals surface area contributed by atoms with Crippen molar-refractivity contribution in [3.8, 4) is 12.3 Å². The lowest BCUT2D eigenvalue weighted by molar-refractivity contribution is -0.113. The Hall–Kier alpha value is -3.52. The summed E-state index contributed by atoms with van der Waals surface area (Å²) in [5, 5.41) is 2.63. The minimum absolute atomic E-state index is 0.00981. The number of hydrogen-bond acceptors (Lipinski definition) is 8. The van der Waals surface area contributed by atoms with Gasteiger partial charge < -0.3 is 30.0 Å². The van der Waals surface area contributed by atoms with Crippen molar-refractivity contribution in [2.45, 2.75) is 0 Å². The van der Waals surface area contributed by atoms with Crippen LogP contribution >= 0.6 is 0 Å². The van der Waals surface area contributed by atoms with E-state index in [0.29, 0.717) is 26.4 Å². The van der Waals surface area contributed by atoms with E-state index in [-0.39, 0.29) is 36.4 Å². The zero-order valence-corrected chi connectivity index (χ0v) is 17.8. The van der Waals surface area contributed by atoms with Crippen molar-refractivity contribution < 1.29 is 38.1 Å². The molecule has 0 heterocycles. The van der Waals surface area contributed by atoms with Gasteiger partial charge in [0, 0.05) is 23.7 Å². The molecule has 10 heteroatoms. The standard InChI is InChI=1S/C22H26N2O8/c1-3-7-30-9-11-32-12-10-31-8-6-24-21(27)17-13-16(19(25)4-5-20(23)26)14-18(15-17)22(28)29-2/h1,4-5,13-15H,6-12H2,2H3,(H2,23,26)(H,24,27)/b5-4+. The first-order chi connectivity index (χ1) is 15.4. The number of rotatable bonds is 15. The quantitative estimate of drug-likeness (QED) is 0.127. The third kappa shape index (κ3) is 10.5. The van der Waals surface area contributed by atoms with Gasteiger partial charge in [0.1, 0.15) is 6.61 Å². The van der Waals surface area contributed by atoms with Crippen molar-refractivity contribution in [2.75, 3.05) is 53.3 Å². The van der Waals surface area contributed by atoms with Crippen LogP contribution in [0.3, 0.4) is 0 Å². The molecule has 0 saturated heterocycles. The van der Waals surface area contributed by atoms with Gasteiger partial charge in [0.25, 0.3) is 5.91 Å². The van der Waals surface area contributed by atoms with E-state index >= 15 is 0 Å². The van der Waals surface area contributed by atoms with Crippen LogP contribution in [0.25, 0.3) is 0 Å². The molecule has 32 heavy (non-hydrogen) atoms. The second-order valence-corrected chi connectivity index (χ2v) is 6.13. The molecule has 10 nitrogen and oxygen atoms in total. The van der Waals surface area contributed by atoms with E-state index in [2.05, 4.69) is 16.0 Å². The van der Waals surface area contributed by atoms with Crippen LogP contribution in [0.15, 0.2) is 30.4 Å². The van der Waals surface area contributed by atoms with Crippen molar-refractivity contribution in [2.24, 2.45) is 5.73 Å². The summed E-state index contributed by atoms with van der Waals surface area (Å²) in [5.74, 6) is -0.297. The van der Waals surface area contributed by atoms with Crippen molar-refractivity contribution in [3.05, 3.63) is 47.0 Å². The van der Waals surface area contributed by atoms with Crippen LogP contribution in [0.1, 0.15) is 31.1 Å². The molecule has 0 unspecified atom stereocenters. The molecule has 1 aromatic carbocycles. The van der Waals surface area contributed by atoms with E-state index in [1.165, 1.54) is 25.3 Å². The maximum absolute atomic E-state index is 12.4. The summed E-state index contributed by atoms with van der Waals surface area (Å²) in [7, 11) is 1.18. The van der Waals surface area contributed by atoms with E-state index in [1.807, 2.05) is 0 Å². The van der Waals surface area contributed by atoms with Crippen LogP contribution in [0.5, 0.6) is 0 Å². The molecule has 0 bridgehead atoms. The number of esters is 1. The second-order valence-electron chi connectivity index (χ2n) is 6.13. The SMILES string of the molecule is C#CCOCCOCCOCCNC(=O)c1cc(C(=O)/C=C/C(N)=O)cc(C(=O)OC)c1. The Bertz CT molecular complexity index is 873. The lowest BCUT2D eigenvalue weighted by Crippen LogP contribution is -2.28.